The second-order valence-electron chi connectivity index (χ2n) is 14.8. The lowest BCUT2D eigenvalue weighted by atomic mass is 9.43. The smallest absolute Gasteiger partial charge is 0.0637 e. The first-order chi connectivity index (χ1) is 22.3. The van der Waals surface area contributed by atoms with Crippen molar-refractivity contribution in [1.82, 2.24) is 0 Å². The van der Waals surface area contributed by atoms with Crippen molar-refractivity contribution >= 4 is 0 Å². The predicted octanol–water partition coefficient (Wildman–Crippen LogP) is 8.53. The zero-order valence-corrected chi connectivity index (χ0v) is 28.3. The molecule has 4 fully saturated rings. The van der Waals surface area contributed by atoms with Crippen LogP contribution in [0.5, 0.6) is 0 Å². The van der Waals surface area contributed by atoms with Crippen molar-refractivity contribution in [2.24, 2.45) is 61.7 Å². The Morgan fingerprint density at radius 2 is 1.41 bits per heavy atom. The van der Waals surface area contributed by atoms with Crippen LogP contribution in [0.4, 0.5) is 0 Å². The van der Waals surface area contributed by atoms with E-state index in [-0.39, 0.29) is 35.7 Å². The summed E-state index contributed by atoms with van der Waals surface area (Å²) in [6.45, 7) is 10.8. The molecule has 0 bridgehead atoms. The van der Waals surface area contributed by atoms with Gasteiger partial charge in [-0.25, -0.2) is 0 Å². The zero-order valence-electron chi connectivity index (χ0n) is 28.3. The van der Waals surface area contributed by atoms with Crippen LogP contribution in [0.1, 0.15) is 97.8 Å². The second-order valence-corrected chi connectivity index (χ2v) is 14.8. The number of azide groups is 3. The third-order valence-corrected chi connectivity index (χ3v) is 12.7. The van der Waals surface area contributed by atoms with Crippen LogP contribution >= 0.6 is 0 Å². The number of hydrogen-bond acceptors (Lipinski definition) is 7. The molecule has 0 aliphatic heterocycles. The lowest BCUT2D eigenvalue weighted by molar-refractivity contribution is -0.227. The second kappa shape index (κ2) is 17.8. The summed E-state index contributed by atoms with van der Waals surface area (Å²) < 4.78 is 20.1. The summed E-state index contributed by atoms with van der Waals surface area (Å²) in [6.07, 6.45) is 12.0. The Labute approximate surface area is 274 Å². The molecule has 4 saturated carbocycles. The van der Waals surface area contributed by atoms with Crippen molar-refractivity contribution in [3.63, 3.8) is 0 Å². The van der Waals surface area contributed by atoms with E-state index in [0.29, 0.717) is 75.0 Å². The van der Waals surface area contributed by atoms with Gasteiger partial charge in [0.25, 0.3) is 0 Å². The molecule has 1 unspecified atom stereocenters. The molecular weight excluding hydrogens is 586 g/mol. The SMILES string of the molecule is C[C@H](CCCO)[C@H]1CC[C@H]2[C@@H]3[C@H](OCCCN=[N+]=[N-])C[C@@H]4C[C@H](OCCCN=[N+]=[N-])CC[C@]4(C)[C@H]3CC(OCCCN=[N+]=[N-])[C@]12C. The number of rotatable bonds is 19. The quantitative estimate of drug-likeness (QED) is 0.0637. The molecule has 0 amide bonds. The Balaban J connectivity index is 1.61. The molecule has 0 heterocycles. The first kappa shape index (κ1) is 36.6. The lowest BCUT2D eigenvalue weighted by Crippen LogP contribution is -2.63. The van der Waals surface area contributed by atoms with Crippen molar-refractivity contribution < 1.29 is 19.3 Å². The van der Waals surface area contributed by atoms with Crippen LogP contribution in [-0.2, 0) is 14.2 Å². The highest BCUT2D eigenvalue weighted by Gasteiger charge is 2.66. The molecule has 258 valence electrons. The van der Waals surface area contributed by atoms with Crippen molar-refractivity contribution in [3.05, 3.63) is 31.3 Å². The molecule has 13 heteroatoms. The predicted molar refractivity (Wildman–Crippen MR) is 177 cm³/mol. The van der Waals surface area contributed by atoms with Crippen LogP contribution in [0, 0.1) is 46.3 Å². The van der Waals surface area contributed by atoms with Gasteiger partial charge in [0.15, 0.2) is 0 Å². The molecule has 4 rings (SSSR count). The third-order valence-electron chi connectivity index (χ3n) is 12.7. The van der Waals surface area contributed by atoms with Gasteiger partial charge in [-0.15, -0.1) is 0 Å². The summed E-state index contributed by atoms with van der Waals surface area (Å²) in [6, 6.07) is 0. The van der Waals surface area contributed by atoms with Gasteiger partial charge >= 0.3 is 0 Å². The Hall–Kier alpha value is -2.23. The van der Waals surface area contributed by atoms with Gasteiger partial charge in [0.2, 0.25) is 0 Å². The average Bonchev–Trinajstić information content (AvgIpc) is 3.41. The van der Waals surface area contributed by atoms with Gasteiger partial charge in [-0.2, -0.15) is 0 Å². The minimum absolute atomic E-state index is 0.00331. The molecule has 0 aromatic carbocycles. The molecule has 0 saturated heterocycles. The molecule has 46 heavy (non-hydrogen) atoms. The molecule has 0 aromatic rings. The number of hydrogen-bond donors (Lipinski definition) is 1. The van der Waals surface area contributed by atoms with E-state index >= 15 is 0 Å². The van der Waals surface area contributed by atoms with Gasteiger partial charge in [0.1, 0.15) is 0 Å². The molecule has 13 nitrogen and oxygen atoms in total. The molecule has 0 spiro atoms. The number of ether oxygens (including phenoxy) is 3. The maximum atomic E-state index is 9.63. The number of aliphatic hydroxyl groups is 1. The molecular formula is C33H57N9O4. The van der Waals surface area contributed by atoms with Gasteiger partial charge in [-0.3, -0.25) is 0 Å². The topological polar surface area (TPSA) is 194 Å². The van der Waals surface area contributed by atoms with Crippen LogP contribution < -0.4 is 0 Å². The van der Waals surface area contributed by atoms with Gasteiger partial charge in [-0.1, -0.05) is 36.1 Å². The minimum atomic E-state index is -0.00331. The van der Waals surface area contributed by atoms with E-state index < -0.39 is 0 Å². The maximum Gasteiger partial charge on any atom is 0.0637 e. The summed E-state index contributed by atoms with van der Waals surface area (Å²) in [5.41, 5.74) is 26.3. The standard InChI is InChI=1S/C33H57N9O4/c1-23(8-4-16-43)26-9-10-27-31-28(22-30(33(26,27)3)46-19-7-15-39-42-36)32(2)12-11-25(44-17-5-13-37-40-34)20-24(32)21-29(31)45-18-6-14-38-41-35/h23-31,43H,4-22H2,1-3H3/t23-,24+,25-,26-,27+,28+,29-,30?,31+,32+,33-/m1/s1. The van der Waals surface area contributed by atoms with Gasteiger partial charge in [-0.05, 0) is 135 Å². The highest BCUT2D eigenvalue weighted by atomic mass is 16.5. The fourth-order valence-electron chi connectivity index (χ4n) is 10.5. The summed E-state index contributed by atoms with van der Waals surface area (Å²) in [5, 5.41) is 20.8. The molecule has 11 atom stereocenters. The fourth-order valence-corrected chi connectivity index (χ4v) is 10.5. The average molecular weight is 644 g/mol. The normalized spacial score (nSPS) is 37.0. The first-order valence-corrected chi connectivity index (χ1v) is 17.8. The maximum absolute atomic E-state index is 9.63. The van der Waals surface area contributed by atoms with E-state index in [9.17, 15) is 5.11 Å². The number of aliphatic hydroxyl groups excluding tert-OH is 1. The van der Waals surface area contributed by atoms with Crippen LogP contribution in [0.25, 0.3) is 31.3 Å². The van der Waals surface area contributed by atoms with Crippen LogP contribution in [-0.4, -0.2) is 69.5 Å². The monoisotopic (exact) mass is 643 g/mol. The summed E-state index contributed by atoms with van der Waals surface area (Å²) >= 11 is 0. The molecule has 4 aliphatic carbocycles. The van der Waals surface area contributed by atoms with Gasteiger partial charge in [0, 0.05) is 66.2 Å². The van der Waals surface area contributed by atoms with Crippen molar-refractivity contribution in [2.75, 3.05) is 46.1 Å². The van der Waals surface area contributed by atoms with Crippen molar-refractivity contribution in [2.45, 2.75) is 116 Å². The highest BCUT2D eigenvalue weighted by Crippen LogP contribution is 2.69. The molecule has 4 aliphatic rings. The van der Waals surface area contributed by atoms with E-state index in [1.54, 1.807) is 0 Å². The Bertz CT molecular complexity index is 1110. The Kier molecular flexibility index (Phi) is 14.2. The number of nitrogens with zero attached hydrogens (tertiary/aromatic N) is 9. The first-order valence-electron chi connectivity index (χ1n) is 17.8. The largest absolute Gasteiger partial charge is 0.396 e. The van der Waals surface area contributed by atoms with E-state index in [2.05, 4.69) is 50.8 Å². The fraction of sp³-hybridized carbons (Fsp3) is 1.00. The molecule has 1 N–H and O–H groups in total. The van der Waals surface area contributed by atoms with Crippen LogP contribution in [0.3, 0.4) is 0 Å². The third kappa shape index (κ3) is 8.24. The van der Waals surface area contributed by atoms with E-state index in [4.69, 9.17) is 30.8 Å². The zero-order chi connectivity index (χ0) is 33.0. The van der Waals surface area contributed by atoms with Crippen molar-refractivity contribution in [1.29, 1.82) is 0 Å². The van der Waals surface area contributed by atoms with E-state index in [1.807, 2.05) is 0 Å². The van der Waals surface area contributed by atoms with Gasteiger partial charge in [0.05, 0.1) is 18.3 Å². The summed E-state index contributed by atoms with van der Waals surface area (Å²) in [5.74, 6) is 2.86. The Morgan fingerprint density at radius 1 is 0.783 bits per heavy atom. The summed E-state index contributed by atoms with van der Waals surface area (Å²) in [4.78, 5) is 8.71. The minimum Gasteiger partial charge on any atom is -0.396 e. The Morgan fingerprint density at radius 3 is 2.04 bits per heavy atom. The van der Waals surface area contributed by atoms with E-state index in [0.717, 1.165) is 64.2 Å². The molecule has 0 radical (unpaired) electrons. The van der Waals surface area contributed by atoms with Crippen molar-refractivity contribution in [3.8, 4) is 0 Å². The van der Waals surface area contributed by atoms with E-state index in [1.165, 1.54) is 12.8 Å². The van der Waals surface area contributed by atoms with Crippen LogP contribution in [0.2, 0.25) is 0 Å². The molecule has 0 aromatic heterocycles. The van der Waals surface area contributed by atoms with Gasteiger partial charge < -0.3 is 19.3 Å². The highest BCUT2D eigenvalue weighted by molar-refractivity contribution is 5.15. The summed E-state index contributed by atoms with van der Waals surface area (Å²) in [7, 11) is 0. The van der Waals surface area contributed by atoms with Crippen LogP contribution in [0.15, 0.2) is 15.3 Å². The number of fused-ring (bicyclic) bond motifs is 5. The lowest BCUT2D eigenvalue weighted by Gasteiger charge is -2.65.